The van der Waals surface area contributed by atoms with Gasteiger partial charge in [-0.3, -0.25) is 14.9 Å². The quantitative estimate of drug-likeness (QED) is 0.693. The molecule has 0 atom stereocenters. The summed E-state index contributed by atoms with van der Waals surface area (Å²) in [5.41, 5.74) is -0.0363. The monoisotopic (exact) mass is 294 g/mol. The number of hydrogen-bond acceptors (Lipinski definition) is 4. The van der Waals surface area contributed by atoms with Crippen LogP contribution in [0.1, 0.15) is 20.1 Å². The number of thiophene rings is 1. The molecule has 5 nitrogen and oxygen atoms in total. The van der Waals surface area contributed by atoms with Crippen molar-refractivity contribution in [1.82, 2.24) is 0 Å². The molecule has 2 rings (SSSR count). The summed E-state index contributed by atoms with van der Waals surface area (Å²) in [7, 11) is 0. The molecular weight excluding hydrogens is 283 g/mol. The van der Waals surface area contributed by atoms with Gasteiger partial charge in [0.05, 0.1) is 16.2 Å². The van der Waals surface area contributed by atoms with Gasteiger partial charge >= 0.3 is 0 Å². The predicted molar refractivity (Wildman–Crippen MR) is 74.8 cm³/mol. The number of amides is 1. The zero-order chi connectivity index (χ0) is 14.9. The summed E-state index contributed by atoms with van der Waals surface area (Å²) in [4.78, 5) is 23.8. The van der Waals surface area contributed by atoms with Gasteiger partial charge in [0.2, 0.25) is 0 Å². The van der Waals surface area contributed by atoms with Crippen LogP contribution < -0.4 is 5.32 Å². The van der Waals surface area contributed by atoms with Gasteiger partial charge in [-0.15, -0.1) is 11.3 Å². The van der Waals surface area contributed by atoms with Gasteiger partial charge in [-0.25, -0.2) is 4.39 Å². The normalized spacial score (nSPS) is 10.3. The Kier molecular flexibility index (Phi) is 3.80. The minimum absolute atomic E-state index is 0.201. The number of aryl methyl sites for hydroxylation is 2. The number of carbonyl (C=O) groups is 1. The summed E-state index contributed by atoms with van der Waals surface area (Å²) in [5.74, 6) is -1.19. The molecular formula is C13H11FN2O3S. The van der Waals surface area contributed by atoms with Crippen LogP contribution >= 0.6 is 11.3 Å². The Balaban J connectivity index is 2.30. The van der Waals surface area contributed by atoms with Gasteiger partial charge in [-0.1, -0.05) is 0 Å². The average molecular weight is 294 g/mol. The number of nitrogens with zero attached hydrogens (tertiary/aromatic N) is 1. The van der Waals surface area contributed by atoms with Crippen molar-refractivity contribution in [2.24, 2.45) is 0 Å². The fourth-order valence-corrected chi connectivity index (χ4v) is 2.69. The molecule has 104 valence electrons. The predicted octanol–water partition coefficient (Wildman–Crippen LogP) is 3.66. The standard InChI is InChI=1S/C13H11FN2O3S/c1-7-5-10(8(2)20-7)13(17)15-12-6-9(16(18)19)3-4-11(12)14/h3-6H,1-2H3,(H,15,17). The van der Waals surface area contributed by atoms with E-state index in [4.69, 9.17) is 0 Å². The Bertz CT molecular complexity index is 697. The van der Waals surface area contributed by atoms with E-state index in [1.165, 1.54) is 11.3 Å². The van der Waals surface area contributed by atoms with E-state index in [0.717, 1.165) is 28.0 Å². The van der Waals surface area contributed by atoms with Crippen LogP contribution in [0.15, 0.2) is 24.3 Å². The number of nitro groups is 1. The number of nitro benzene ring substituents is 1. The zero-order valence-corrected chi connectivity index (χ0v) is 11.6. The van der Waals surface area contributed by atoms with E-state index in [1.54, 1.807) is 13.0 Å². The highest BCUT2D eigenvalue weighted by Crippen LogP contribution is 2.24. The molecule has 2 aromatic rings. The molecule has 1 aromatic carbocycles. The van der Waals surface area contributed by atoms with Crippen LogP contribution in [0, 0.1) is 29.8 Å². The van der Waals surface area contributed by atoms with Crippen LogP contribution in [0.25, 0.3) is 0 Å². The Hall–Kier alpha value is -2.28. The highest BCUT2D eigenvalue weighted by molar-refractivity contribution is 7.12. The van der Waals surface area contributed by atoms with Crippen molar-refractivity contribution < 1.29 is 14.1 Å². The van der Waals surface area contributed by atoms with E-state index in [9.17, 15) is 19.3 Å². The SMILES string of the molecule is Cc1cc(C(=O)Nc2cc([N+](=O)[O-])ccc2F)c(C)s1. The Morgan fingerprint density at radius 3 is 2.60 bits per heavy atom. The summed E-state index contributed by atoms with van der Waals surface area (Å²) in [6.07, 6.45) is 0. The molecule has 1 amide bonds. The molecule has 1 N–H and O–H groups in total. The minimum Gasteiger partial charge on any atom is -0.319 e. The van der Waals surface area contributed by atoms with Crippen LogP contribution in [0.4, 0.5) is 15.8 Å². The molecule has 0 spiro atoms. The van der Waals surface area contributed by atoms with Gasteiger partial charge in [0.15, 0.2) is 0 Å². The third-order valence-electron chi connectivity index (χ3n) is 2.69. The van der Waals surface area contributed by atoms with E-state index in [1.807, 2.05) is 6.92 Å². The van der Waals surface area contributed by atoms with E-state index in [-0.39, 0.29) is 11.4 Å². The lowest BCUT2D eigenvalue weighted by Gasteiger charge is -2.06. The van der Waals surface area contributed by atoms with E-state index in [0.29, 0.717) is 5.56 Å². The van der Waals surface area contributed by atoms with Gasteiger partial charge in [-0.2, -0.15) is 0 Å². The summed E-state index contributed by atoms with van der Waals surface area (Å²) in [6, 6.07) is 4.71. The van der Waals surface area contributed by atoms with E-state index < -0.39 is 16.6 Å². The van der Waals surface area contributed by atoms with Gasteiger partial charge < -0.3 is 5.32 Å². The maximum absolute atomic E-state index is 13.6. The van der Waals surface area contributed by atoms with Crippen LogP contribution in [-0.4, -0.2) is 10.8 Å². The molecule has 20 heavy (non-hydrogen) atoms. The van der Waals surface area contributed by atoms with Crippen molar-refractivity contribution >= 4 is 28.6 Å². The second-order valence-corrected chi connectivity index (χ2v) is 5.66. The lowest BCUT2D eigenvalue weighted by molar-refractivity contribution is -0.384. The molecule has 0 saturated heterocycles. The molecule has 0 bridgehead atoms. The topological polar surface area (TPSA) is 72.2 Å². The Labute approximate surface area is 118 Å². The van der Waals surface area contributed by atoms with Gasteiger partial charge in [0, 0.05) is 21.9 Å². The molecule has 0 aliphatic rings. The molecule has 1 heterocycles. The molecule has 0 saturated carbocycles. The Morgan fingerprint density at radius 2 is 2.05 bits per heavy atom. The fourth-order valence-electron chi connectivity index (χ4n) is 1.77. The third kappa shape index (κ3) is 2.83. The maximum atomic E-state index is 13.6. The van der Waals surface area contributed by atoms with Gasteiger partial charge in [0.25, 0.3) is 11.6 Å². The van der Waals surface area contributed by atoms with Crippen LogP contribution in [0.5, 0.6) is 0 Å². The van der Waals surface area contributed by atoms with Crippen LogP contribution in [-0.2, 0) is 0 Å². The van der Waals surface area contributed by atoms with Crippen molar-refractivity contribution in [3.63, 3.8) is 0 Å². The molecule has 0 unspecified atom stereocenters. The fraction of sp³-hybridized carbons (Fsp3) is 0.154. The lowest BCUT2D eigenvalue weighted by Crippen LogP contribution is -2.13. The van der Waals surface area contributed by atoms with Crippen molar-refractivity contribution in [2.45, 2.75) is 13.8 Å². The molecule has 0 aliphatic heterocycles. The van der Waals surface area contributed by atoms with E-state index >= 15 is 0 Å². The smallest absolute Gasteiger partial charge is 0.271 e. The zero-order valence-electron chi connectivity index (χ0n) is 10.8. The third-order valence-corrected chi connectivity index (χ3v) is 3.66. The van der Waals surface area contributed by atoms with Crippen molar-refractivity contribution in [1.29, 1.82) is 0 Å². The summed E-state index contributed by atoms with van der Waals surface area (Å²) >= 11 is 1.46. The van der Waals surface area contributed by atoms with Crippen molar-refractivity contribution in [2.75, 3.05) is 5.32 Å². The van der Waals surface area contributed by atoms with Crippen molar-refractivity contribution in [3.05, 3.63) is 55.5 Å². The number of halogens is 1. The summed E-state index contributed by atoms with van der Waals surface area (Å²) < 4.78 is 13.6. The van der Waals surface area contributed by atoms with Crippen LogP contribution in [0.2, 0.25) is 0 Å². The first-order valence-electron chi connectivity index (χ1n) is 5.71. The highest BCUT2D eigenvalue weighted by Gasteiger charge is 2.16. The highest BCUT2D eigenvalue weighted by atomic mass is 32.1. The number of carbonyl (C=O) groups excluding carboxylic acids is 1. The molecule has 7 heteroatoms. The molecule has 1 aromatic heterocycles. The average Bonchev–Trinajstić information content (AvgIpc) is 2.71. The first-order valence-corrected chi connectivity index (χ1v) is 6.52. The summed E-state index contributed by atoms with van der Waals surface area (Å²) in [5, 5.41) is 13.0. The van der Waals surface area contributed by atoms with Crippen molar-refractivity contribution in [3.8, 4) is 0 Å². The number of hydrogen-bond donors (Lipinski definition) is 1. The number of benzene rings is 1. The maximum Gasteiger partial charge on any atom is 0.271 e. The first kappa shape index (κ1) is 14.1. The largest absolute Gasteiger partial charge is 0.319 e. The molecule has 0 radical (unpaired) electrons. The Morgan fingerprint density at radius 1 is 1.35 bits per heavy atom. The number of rotatable bonds is 3. The van der Waals surface area contributed by atoms with Gasteiger partial charge in [0.1, 0.15) is 5.82 Å². The first-order chi connectivity index (χ1) is 9.38. The van der Waals surface area contributed by atoms with E-state index in [2.05, 4.69) is 5.32 Å². The molecule has 0 fully saturated rings. The lowest BCUT2D eigenvalue weighted by atomic mass is 10.2. The van der Waals surface area contributed by atoms with Crippen LogP contribution in [0.3, 0.4) is 0 Å². The molecule has 0 aliphatic carbocycles. The number of nitrogens with one attached hydrogen (secondary N) is 1. The summed E-state index contributed by atoms with van der Waals surface area (Å²) in [6.45, 7) is 3.65. The second-order valence-electron chi connectivity index (χ2n) is 4.20. The minimum atomic E-state index is -0.714. The number of anilines is 1. The van der Waals surface area contributed by atoms with Gasteiger partial charge in [-0.05, 0) is 26.0 Å². The second kappa shape index (κ2) is 5.38. The number of non-ortho nitro benzene ring substituents is 1.